The molecule has 3 nitrogen and oxygen atoms in total. The van der Waals surface area contributed by atoms with Gasteiger partial charge in [0.05, 0.1) is 0 Å². The molecule has 56 valence electrons. The molecular weight excluding hydrogens is 118 g/mol. The topological polar surface area (TPSA) is 46.2 Å². The molecule has 0 heterocycles. The van der Waals surface area contributed by atoms with E-state index in [1.165, 1.54) is 13.8 Å². The largest absolute Gasteiger partial charge is 0.323 e. The average Bonchev–Trinajstić information content (AvgIpc) is 1.71. The van der Waals surface area contributed by atoms with E-state index in [2.05, 4.69) is 5.32 Å². The maximum atomic E-state index is 9.44. The van der Waals surface area contributed by atoms with Gasteiger partial charge in [0.2, 0.25) is 0 Å². The van der Waals surface area contributed by atoms with Gasteiger partial charge in [-0.3, -0.25) is 0 Å². The van der Waals surface area contributed by atoms with Gasteiger partial charge in [0.1, 0.15) is 12.6 Å². The van der Waals surface area contributed by atoms with Gasteiger partial charge in [-0.25, -0.2) is 0 Å². The minimum absolute atomic E-state index is 0.167. The number of Topliss-reactive ketones (excluding diaryl/α,β-unsaturated/α-hetero) is 1. The lowest BCUT2D eigenvalue weighted by Gasteiger charge is -1.59. The quantitative estimate of drug-likeness (QED) is 0.515. The van der Waals surface area contributed by atoms with Crippen molar-refractivity contribution >= 4 is 12.6 Å². The van der Waals surface area contributed by atoms with Crippen molar-refractivity contribution in [2.24, 2.45) is 0 Å². The maximum absolute atomic E-state index is 9.44. The van der Waals surface area contributed by atoms with E-state index in [0.717, 1.165) is 0 Å². The van der Waals surface area contributed by atoms with Crippen molar-refractivity contribution in [1.82, 2.24) is 5.32 Å². The summed E-state index contributed by atoms with van der Waals surface area (Å²) in [5.41, 5.74) is 0. The monoisotopic (exact) mass is 133 g/mol. The van der Waals surface area contributed by atoms with Crippen LogP contribution in [-0.4, -0.2) is 26.7 Å². The Kier molecular flexibility index (Phi) is 46.5. The van der Waals surface area contributed by atoms with Crippen LogP contribution in [0.2, 0.25) is 0 Å². The van der Waals surface area contributed by atoms with Gasteiger partial charge < -0.3 is 14.9 Å². The predicted molar refractivity (Wildman–Crippen MR) is 38.5 cm³/mol. The van der Waals surface area contributed by atoms with Gasteiger partial charge in [-0.2, -0.15) is 0 Å². The van der Waals surface area contributed by atoms with Crippen LogP contribution in [0.4, 0.5) is 0 Å². The third-order valence-corrected chi connectivity index (χ3v) is 0. The minimum Gasteiger partial charge on any atom is -0.323 e. The molecule has 0 aromatic heterocycles. The van der Waals surface area contributed by atoms with Gasteiger partial charge >= 0.3 is 0 Å². The van der Waals surface area contributed by atoms with Crippen LogP contribution in [0, 0.1) is 0 Å². The van der Waals surface area contributed by atoms with Crippen LogP contribution >= 0.6 is 0 Å². The van der Waals surface area contributed by atoms with E-state index >= 15 is 0 Å². The molecule has 0 bridgehead atoms. The highest BCUT2D eigenvalue weighted by Gasteiger charge is 1.62. The first-order chi connectivity index (χ1) is 4.15. The molecule has 3 heteroatoms. The lowest BCUT2D eigenvalue weighted by Crippen LogP contribution is -1.89. The van der Waals surface area contributed by atoms with Gasteiger partial charge in [-0.15, -0.1) is 0 Å². The van der Waals surface area contributed by atoms with E-state index in [0.29, 0.717) is 0 Å². The third kappa shape index (κ3) is 418. The van der Waals surface area contributed by atoms with Crippen molar-refractivity contribution in [1.29, 1.82) is 0 Å². The first-order valence-electron chi connectivity index (χ1n) is 2.49. The van der Waals surface area contributed by atoms with Crippen LogP contribution in [0.5, 0.6) is 0 Å². The van der Waals surface area contributed by atoms with E-state index in [4.69, 9.17) is 4.79 Å². The highest BCUT2D eigenvalue weighted by molar-refractivity contribution is 5.72. The summed E-state index contributed by atoms with van der Waals surface area (Å²) in [6, 6.07) is 0. The van der Waals surface area contributed by atoms with Gasteiger partial charge in [-0.05, 0) is 27.9 Å². The van der Waals surface area contributed by atoms with Crippen LogP contribution in [0.25, 0.3) is 0 Å². The van der Waals surface area contributed by atoms with Crippen molar-refractivity contribution in [3.63, 3.8) is 0 Å². The molecule has 1 N–H and O–H groups in total. The summed E-state index contributed by atoms with van der Waals surface area (Å²) in [6.45, 7) is 5.06. The molecule has 0 spiro atoms. The van der Waals surface area contributed by atoms with Crippen LogP contribution < -0.4 is 5.32 Å². The van der Waals surface area contributed by atoms with Crippen LogP contribution in [0.15, 0.2) is 0 Å². The Hall–Kier alpha value is -0.700. The average molecular weight is 133 g/mol. The van der Waals surface area contributed by atoms with E-state index in [1.807, 2.05) is 20.9 Å². The van der Waals surface area contributed by atoms with Crippen LogP contribution in [0.1, 0.15) is 13.8 Å². The Morgan fingerprint density at radius 1 is 1.22 bits per heavy atom. The highest BCUT2D eigenvalue weighted by atomic mass is 16.1. The molecule has 9 heavy (non-hydrogen) atoms. The number of carbonyl (C=O) groups is 2. The number of rotatable bonds is 0. The van der Waals surface area contributed by atoms with Crippen molar-refractivity contribution in [3.05, 3.63) is 0 Å². The summed E-state index contributed by atoms with van der Waals surface area (Å²) in [4.78, 5) is 17.4. The fourth-order valence-corrected chi connectivity index (χ4v) is 0. The van der Waals surface area contributed by atoms with Crippen molar-refractivity contribution < 1.29 is 9.59 Å². The molecule has 0 aliphatic rings. The van der Waals surface area contributed by atoms with E-state index < -0.39 is 0 Å². The molecule has 0 aromatic carbocycles. The number of hydrogen-bond acceptors (Lipinski definition) is 3. The Balaban J connectivity index is -0.0000000646. The Morgan fingerprint density at radius 3 is 1.22 bits per heavy atom. The third-order valence-electron chi connectivity index (χ3n) is 0. The molecule has 0 saturated carbocycles. The number of carbonyl (C=O) groups excluding carboxylic acids is 2. The molecule has 0 fully saturated rings. The molecule has 0 aliphatic heterocycles. The van der Waals surface area contributed by atoms with E-state index in [9.17, 15) is 4.79 Å². The Morgan fingerprint density at radius 2 is 1.22 bits per heavy atom. The van der Waals surface area contributed by atoms with Crippen molar-refractivity contribution in [2.45, 2.75) is 13.8 Å². The second-order valence-corrected chi connectivity index (χ2v) is 1.41. The van der Waals surface area contributed by atoms with Crippen LogP contribution in [0.3, 0.4) is 0 Å². The molecule has 0 rings (SSSR count). The molecular formula is C6H15NO2. The SMILES string of the molecule is C=O.CC(C)=O.CNC. The molecule has 0 aliphatic carbocycles. The van der Waals surface area contributed by atoms with Gasteiger partial charge in [0.15, 0.2) is 0 Å². The molecule has 0 atom stereocenters. The summed E-state index contributed by atoms with van der Waals surface area (Å²) in [5, 5.41) is 2.75. The van der Waals surface area contributed by atoms with Crippen molar-refractivity contribution in [2.75, 3.05) is 14.1 Å². The number of hydrogen-bond donors (Lipinski definition) is 1. The van der Waals surface area contributed by atoms with Gasteiger partial charge in [-0.1, -0.05) is 0 Å². The van der Waals surface area contributed by atoms with Gasteiger partial charge in [0, 0.05) is 0 Å². The number of ketones is 1. The van der Waals surface area contributed by atoms with E-state index in [1.54, 1.807) is 0 Å². The fourth-order valence-electron chi connectivity index (χ4n) is 0. The molecule has 0 amide bonds. The molecule has 0 unspecified atom stereocenters. The molecule has 0 saturated heterocycles. The zero-order chi connectivity index (χ0) is 8.28. The second-order valence-electron chi connectivity index (χ2n) is 1.41. The highest BCUT2D eigenvalue weighted by Crippen LogP contribution is 1.50. The lowest BCUT2D eigenvalue weighted by molar-refractivity contribution is -0.115. The lowest BCUT2D eigenvalue weighted by atomic mass is 10.6. The van der Waals surface area contributed by atoms with E-state index in [-0.39, 0.29) is 5.78 Å². The summed E-state index contributed by atoms with van der Waals surface area (Å²) in [6.07, 6.45) is 0. The summed E-state index contributed by atoms with van der Waals surface area (Å²) in [5.74, 6) is 0.167. The first-order valence-corrected chi connectivity index (χ1v) is 2.49. The fraction of sp³-hybridized carbons (Fsp3) is 0.667. The maximum Gasteiger partial charge on any atom is 0.126 e. The zero-order valence-electron chi connectivity index (χ0n) is 6.52. The summed E-state index contributed by atoms with van der Waals surface area (Å²) in [7, 11) is 3.75. The first kappa shape index (κ1) is 15.7. The van der Waals surface area contributed by atoms with Gasteiger partial charge in [0.25, 0.3) is 0 Å². The molecule has 0 radical (unpaired) electrons. The molecule has 0 aromatic rings. The van der Waals surface area contributed by atoms with Crippen molar-refractivity contribution in [3.8, 4) is 0 Å². The normalized spacial score (nSPS) is 5.33. The smallest absolute Gasteiger partial charge is 0.126 e. The second kappa shape index (κ2) is 26.6. The summed E-state index contributed by atoms with van der Waals surface area (Å²) < 4.78 is 0. The predicted octanol–water partition coefficient (Wildman–Crippen LogP) is 0.246. The minimum atomic E-state index is 0.167. The zero-order valence-corrected chi connectivity index (χ0v) is 6.52. The number of nitrogens with one attached hydrogen (secondary N) is 1. The van der Waals surface area contributed by atoms with Crippen LogP contribution in [-0.2, 0) is 9.59 Å². The summed E-state index contributed by atoms with van der Waals surface area (Å²) >= 11 is 0. The standard InChI is InChI=1S/C3H6O.C2H7N.CH2O/c1-3(2)4;1-3-2;1-2/h1-2H3;3H,1-2H3;1H2. The Bertz CT molecular complexity index is 51.0. The Labute approximate surface area is 56.4 Å².